The summed E-state index contributed by atoms with van der Waals surface area (Å²) in [5.74, 6) is 2.52. The lowest BCUT2D eigenvalue weighted by Gasteiger charge is -2.26. The molecule has 0 radical (unpaired) electrons. The molecule has 1 aliphatic carbocycles. The molecule has 0 atom stereocenters. The average molecular weight is 384 g/mol. The van der Waals surface area contributed by atoms with E-state index in [4.69, 9.17) is 14.2 Å². The van der Waals surface area contributed by atoms with Crippen LogP contribution in [0.3, 0.4) is 0 Å². The third-order valence-corrected chi connectivity index (χ3v) is 5.96. The molecular formula is C26H24O3. The van der Waals surface area contributed by atoms with Gasteiger partial charge in [-0.1, -0.05) is 62.4 Å². The van der Waals surface area contributed by atoms with Gasteiger partial charge < -0.3 is 14.2 Å². The molecule has 3 aromatic rings. The van der Waals surface area contributed by atoms with Crippen LogP contribution in [0.4, 0.5) is 0 Å². The first-order valence-corrected chi connectivity index (χ1v) is 9.99. The molecule has 0 spiro atoms. The molecular weight excluding hydrogens is 360 g/mol. The van der Waals surface area contributed by atoms with E-state index < -0.39 is 0 Å². The van der Waals surface area contributed by atoms with Crippen molar-refractivity contribution in [3.8, 4) is 17.2 Å². The molecule has 1 aliphatic heterocycles. The van der Waals surface area contributed by atoms with Crippen molar-refractivity contribution in [3.63, 3.8) is 0 Å². The highest BCUT2D eigenvalue weighted by molar-refractivity contribution is 6.08. The van der Waals surface area contributed by atoms with Gasteiger partial charge in [0.1, 0.15) is 19.0 Å². The van der Waals surface area contributed by atoms with E-state index >= 15 is 0 Å². The van der Waals surface area contributed by atoms with Crippen molar-refractivity contribution in [2.75, 3.05) is 20.3 Å². The average Bonchev–Trinajstić information content (AvgIpc) is 3.00. The Morgan fingerprint density at radius 1 is 0.793 bits per heavy atom. The molecule has 0 bridgehead atoms. The van der Waals surface area contributed by atoms with E-state index in [0.717, 1.165) is 22.8 Å². The Morgan fingerprint density at radius 3 is 2.31 bits per heavy atom. The minimum Gasteiger partial charge on any atom is -0.497 e. The van der Waals surface area contributed by atoms with Crippen LogP contribution in [0.2, 0.25) is 0 Å². The van der Waals surface area contributed by atoms with Gasteiger partial charge in [0.25, 0.3) is 0 Å². The zero-order chi connectivity index (χ0) is 20.0. The predicted octanol–water partition coefficient (Wildman–Crippen LogP) is 5.72. The molecule has 29 heavy (non-hydrogen) atoms. The first kappa shape index (κ1) is 17.9. The van der Waals surface area contributed by atoms with Crippen LogP contribution in [0, 0.1) is 0 Å². The van der Waals surface area contributed by atoms with Crippen LogP contribution in [0.5, 0.6) is 17.2 Å². The second kappa shape index (κ2) is 6.70. The fourth-order valence-corrected chi connectivity index (χ4v) is 4.64. The Bertz CT molecular complexity index is 1110. The molecule has 2 aliphatic rings. The second-order valence-corrected chi connectivity index (χ2v) is 7.98. The van der Waals surface area contributed by atoms with Crippen LogP contribution in [0.15, 0.2) is 66.7 Å². The summed E-state index contributed by atoms with van der Waals surface area (Å²) in [6, 6.07) is 23.2. The summed E-state index contributed by atoms with van der Waals surface area (Å²) in [6.07, 6.45) is 0. The fraction of sp³-hybridized carbons (Fsp3) is 0.231. The van der Waals surface area contributed by atoms with Crippen molar-refractivity contribution < 1.29 is 14.2 Å². The molecule has 0 amide bonds. The van der Waals surface area contributed by atoms with Crippen molar-refractivity contribution in [2.24, 2.45) is 0 Å². The molecule has 3 heteroatoms. The highest BCUT2D eigenvalue weighted by atomic mass is 16.6. The van der Waals surface area contributed by atoms with Crippen molar-refractivity contribution >= 4 is 11.1 Å². The molecule has 0 unspecified atom stereocenters. The molecule has 0 fully saturated rings. The molecule has 5 rings (SSSR count). The third kappa shape index (κ3) is 2.72. The summed E-state index contributed by atoms with van der Waals surface area (Å²) in [6.45, 7) is 5.75. The van der Waals surface area contributed by atoms with Gasteiger partial charge in [-0.05, 0) is 46.0 Å². The molecule has 146 valence electrons. The zero-order valence-corrected chi connectivity index (χ0v) is 17.0. The van der Waals surface area contributed by atoms with Crippen molar-refractivity contribution in [3.05, 3.63) is 89.0 Å². The number of hydrogen-bond donors (Lipinski definition) is 0. The van der Waals surface area contributed by atoms with Crippen LogP contribution in [0.1, 0.15) is 36.1 Å². The maximum absolute atomic E-state index is 6.09. The van der Waals surface area contributed by atoms with E-state index in [1.807, 2.05) is 18.2 Å². The number of ether oxygens (including phenoxy) is 3. The zero-order valence-electron chi connectivity index (χ0n) is 17.0. The Labute approximate surface area is 171 Å². The SMILES string of the molecule is COc1ccc(C2=C(c3cccc4c3OCCO4)c3ccccc3C2(C)C)cc1. The van der Waals surface area contributed by atoms with E-state index in [2.05, 4.69) is 62.4 Å². The molecule has 0 aromatic heterocycles. The van der Waals surface area contributed by atoms with E-state index in [0.29, 0.717) is 13.2 Å². The number of allylic oxidation sites excluding steroid dienone is 1. The van der Waals surface area contributed by atoms with Crippen LogP contribution in [-0.2, 0) is 5.41 Å². The molecule has 1 heterocycles. The Hall–Kier alpha value is -3.20. The van der Waals surface area contributed by atoms with Gasteiger partial charge in [-0.15, -0.1) is 0 Å². The van der Waals surface area contributed by atoms with Crippen LogP contribution in [0.25, 0.3) is 11.1 Å². The topological polar surface area (TPSA) is 27.7 Å². The first-order chi connectivity index (χ1) is 14.1. The molecule has 0 saturated heterocycles. The van der Waals surface area contributed by atoms with Crippen molar-refractivity contribution in [2.45, 2.75) is 19.3 Å². The first-order valence-electron chi connectivity index (χ1n) is 9.99. The highest BCUT2D eigenvalue weighted by Gasteiger charge is 2.40. The van der Waals surface area contributed by atoms with Crippen LogP contribution >= 0.6 is 0 Å². The number of benzene rings is 3. The Kier molecular flexibility index (Phi) is 4.13. The van der Waals surface area contributed by atoms with E-state index in [9.17, 15) is 0 Å². The minimum absolute atomic E-state index is 0.140. The number of hydrogen-bond acceptors (Lipinski definition) is 3. The predicted molar refractivity (Wildman–Crippen MR) is 116 cm³/mol. The highest BCUT2D eigenvalue weighted by Crippen LogP contribution is 2.55. The standard InChI is InChI=1S/C26H24O3/c1-26(2)21-9-5-4-7-19(21)23(24(26)17-11-13-18(27-3)14-12-17)20-8-6-10-22-25(20)29-16-15-28-22/h4-14H,15-16H2,1-3H3. The van der Waals surface area contributed by atoms with Gasteiger partial charge in [0.15, 0.2) is 11.5 Å². The number of methoxy groups -OCH3 is 1. The number of fused-ring (bicyclic) bond motifs is 2. The van der Waals surface area contributed by atoms with Gasteiger partial charge in [0.05, 0.1) is 7.11 Å². The largest absolute Gasteiger partial charge is 0.497 e. The molecule has 3 aromatic carbocycles. The summed E-state index contributed by atoms with van der Waals surface area (Å²) in [4.78, 5) is 0. The van der Waals surface area contributed by atoms with Gasteiger partial charge in [0.2, 0.25) is 0 Å². The lowest BCUT2D eigenvalue weighted by molar-refractivity contribution is 0.171. The van der Waals surface area contributed by atoms with Gasteiger partial charge in [-0.2, -0.15) is 0 Å². The fourth-order valence-electron chi connectivity index (χ4n) is 4.64. The molecule has 0 saturated carbocycles. The minimum atomic E-state index is -0.140. The Morgan fingerprint density at radius 2 is 1.52 bits per heavy atom. The summed E-state index contributed by atoms with van der Waals surface area (Å²) in [5.41, 5.74) is 7.24. The van der Waals surface area contributed by atoms with E-state index in [1.54, 1.807) is 7.11 Å². The smallest absolute Gasteiger partial charge is 0.169 e. The quantitative estimate of drug-likeness (QED) is 0.578. The van der Waals surface area contributed by atoms with Crippen molar-refractivity contribution in [1.29, 1.82) is 0 Å². The maximum Gasteiger partial charge on any atom is 0.169 e. The lowest BCUT2D eigenvalue weighted by Crippen LogP contribution is -2.17. The van der Waals surface area contributed by atoms with Gasteiger partial charge in [-0.25, -0.2) is 0 Å². The third-order valence-electron chi connectivity index (χ3n) is 5.96. The summed E-state index contributed by atoms with van der Waals surface area (Å²) < 4.78 is 17.3. The van der Waals surface area contributed by atoms with Crippen LogP contribution < -0.4 is 14.2 Å². The van der Waals surface area contributed by atoms with Gasteiger partial charge in [-0.3, -0.25) is 0 Å². The number of para-hydroxylation sites is 1. The molecule has 3 nitrogen and oxygen atoms in total. The van der Waals surface area contributed by atoms with Crippen LogP contribution in [-0.4, -0.2) is 20.3 Å². The summed E-state index contributed by atoms with van der Waals surface area (Å²) in [5, 5.41) is 0. The molecule has 0 N–H and O–H groups in total. The lowest BCUT2D eigenvalue weighted by atomic mass is 9.78. The van der Waals surface area contributed by atoms with E-state index in [1.165, 1.54) is 27.8 Å². The Balaban J connectivity index is 1.82. The number of rotatable bonds is 3. The van der Waals surface area contributed by atoms with Crippen molar-refractivity contribution in [1.82, 2.24) is 0 Å². The van der Waals surface area contributed by atoms with Gasteiger partial charge in [0, 0.05) is 11.0 Å². The normalized spacial score (nSPS) is 16.5. The van der Waals surface area contributed by atoms with Gasteiger partial charge >= 0.3 is 0 Å². The second-order valence-electron chi connectivity index (χ2n) is 7.98. The maximum atomic E-state index is 6.09. The summed E-state index contributed by atoms with van der Waals surface area (Å²) >= 11 is 0. The summed E-state index contributed by atoms with van der Waals surface area (Å²) in [7, 11) is 1.70. The monoisotopic (exact) mass is 384 g/mol. The van der Waals surface area contributed by atoms with E-state index in [-0.39, 0.29) is 5.41 Å².